The molecule has 140 valence electrons. The third kappa shape index (κ3) is 3.99. The Hall–Kier alpha value is -0.120. The number of fused-ring (bicyclic) bond motifs is 2. The van der Waals surface area contributed by atoms with Gasteiger partial charge in [0.15, 0.2) is 6.29 Å². The fraction of sp³-hybridized carbons (Fsp3) is 1.00. The first-order chi connectivity index (χ1) is 11.4. The summed E-state index contributed by atoms with van der Waals surface area (Å²) >= 11 is 0. The van der Waals surface area contributed by atoms with Crippen LogP contribution in [0.2, 0.25) is 0 Å². The molecule has 0 aromatic carbocycles. The van der Waals surface area contributed by atoms with Crippen molar-refractivity contribution < 1.29 is 14.5 Å². The molecule has 0 aromatic heterocycles. The lowest BCUT2D eigenvalue weighted by atomic mass is 9.65. The van der Waals surface area contributed by atoms with Crippen molar-refractivity contribution in [2.24, 2.45) is 17.3 Å². The van der Waals surface area contributed by atoms with Gasteiger partial charge in [-0.1, -0.05) is 59.8 Å². The zero-order chi connectivity index (χ0) is 17.2. The number of hydrogen-bond donors (Lipinski definition) is 0. The molecule has 2 heterocycles. The summed E-state index contributed by atoms with van der Waals surface area (Å²) in [6.07, 6.45) is 14.1. The monoisotopic (exact) mass is 338 g/mol. The Balaban J connectivity index is 1.47. The number of rotatable bonds is 6. The SMILES string of the molecule is CCCCCCC[C@@H]1C[C@@H]2[C@@H](OOC23CCC(C(C)(C)C)CC3)O1. The second-order valence-corrected chi connectivity index (χ2v) is 9.56. The minimum Gasteiger partial charge on any atom is -0.346 e. The van der Waals surface area contributed by atoms with Gasteiger partial charge >= 0.3 is 0 Å². The van der Waals surface area contributed by atoms with Gasteiger partial charge in [-0.2, -0.15) is 0 Å². The van der Waals surface area contributed by atoms with Gasteiger partial charge in [0.05, 0.1) is 6.10 Å². The fourth-order valence-corrected chi connectivity index (χ4v) is 5.08. The number of ether oxygens (including phenoxy) is 1. The van der Waals surface area contributed by atoms with Crippen molar-refractivity contribution in [1.29, 1.82) is 0 Å². The van der Waals surface area contributed by atoms with E-state index in [1.807, 2.05) is 0 Å². The van der Waals surface area contributed by atoms with Crippen molar-refractivity contribution in [2.45, 2.75) is 116 Å². The van der Waals surface area contributed by atoms with Gasteiger partial charge in [0.25, 0.3) is 0 Å². The Morgan fingerprint density at radius 1 is 1.00 bits per heavy atom. The van der Waals surface area contributed by atoms with E-state index < -0.39 is 0 Å². The first-order valence-electron chi connectivity index (χ1n) is 10.4. The molecule has 24 heavy (non-hydrogen) atoms. The molecule has 3 aliphatic rings. The van der Waals surface area contributed by atoms with Crippen LogP contribution in [0.3, 0.4) is 0 Å². The summed E-state index contributed by atoms with van der Waals surface area (Å²) in [7, 11) is 0. The van der Waals surface area contributed by atoms with Gasteiger partial charge in [0, 0.05) is 5.92 Å². The first kappa shape index (κ1) is 18.7. The zero-order valence-electron chi connectivity index (χ0n) is 16.3. The van der Waals surface area contributed by atoms with E-state index in [9.17, 15) is 0 Å². The highest BCUT2D eigenvalue weighted by molar-refractivity contribution is 5.00. The van der Waals surface area contributed by atoms with Crippen LogP contribution in [0.4, 0.5) is 0 Å². The Labute approximate surface area is 148 Å². The molecule has 0 radical (unpaired) electrons. The van der Waals surface area contributed by atoms with E-state index in [0.29, 0.717) is 17.4 Å². The quantitative estimate of drug-likeness (QED) is 0.438. The molecule has 1 saturated carbocycles. The van der Waals surface area contributed by atoms with Crippen LogP contribution < -0.4 is 0 Å². The number of hydrogen-bond acceptors (Lipinski definition) is 3. The van der Waals surface area contributed by atoms with Crippen molar-refractivity contribution in [3.63, 3.8) is 0 Å². The van der Waals surface area contributed by atoms with Crippen molar-refractivity contribution >= 4 is 0 Å². The van der Waals surface area contributed by atoms with E-state index in [-0.39, 0.29) is 11.9 Å². The van der Waals surface area contributed by atoms with Crippen LogP contribution in [0.15, 0.2) is 0 Å². The third-order valence-corrected chi connectivity index (χ3v) is 6.84. The summed E-state index contributed by atoms with van der Waals surface area (Å²) in [5.74, 6) is 1.27. The van der Waals surface area contributed by atoms with Crippen LogP contribution in [0.1, 0.15) is 98.3 Å². The minimum atomic E-state index is -0.100. The van der Waals surface area contributed by atoms with Gasteiger partial charge in [-0.3, -0.25) is 0 Å². The summed E-state index contributed by atoms with van der Waals surface area (Å²) in [5.41, 5.74) is 0.358. The molecule has 3 nitrogen and oxygen atoms in total. The highest BCUT2D eigenvalue weighted by Gasteiger charge is 2.58. The van der Waals surface area contributed by atoms with Crippen LogP contribution in [-0.2, 0) is 14.5 Å². The minimum absolute atomic E-state index is 0.0522. The Kier molecular flexibility index (Phi) is 5.94. The molecule has 1 aliphatic carbocycles. The van der Waals surface area contributed by atoms with Crippen molar-refractivity contribution in [3.8, 4) is 0 Å². The second-order valence-electron chi connectivity index (χ2n) is 9.56. The lowest BCUT2D eigenvalue weighted by molar-refractivity contribution is -0.371. The molecule has 3 atom stereocenters. The second kappa shape index (κ2) is 7.63. The van der Waals surface area contributed by atoms with E-state index in [1.54, 1.807) is 0 Å². The summed E-state index contributed by atoms with van der Waals surface area (Å²) in [6, 6.07) is 0. The molecule has 0 aromatic rings. The van der Waals surface area contributed by atoms with E-state index in [1.165, 1.54) is 51.4 Å². The molecule has 2 aliphatic heterocycles. The van der Waals surface area contributed by atoms with Crippen LogP contribution in [0.25, 0.3) is 0 Å². The van der Waals surface area contributed by atoms with E-state index in [4.69, 9.17) is 14.5 Å². The lowest BCUT2D eigenvalue weighted by Gasteiger charge is -2.42. The smallest absolute Gasteiger partial charge is 0.197 e. The van der Waals surface area contributed by atoms with Gasteiger partial charge in [0.2, 0.25) is 0 Å². The van der Waals surface area contributed by atoms with Gasteiger partial charge in [-0.15, -0.1) is 0 Å². The van der Waals surface area contributed by atoms with E-state index >= 15 is 0 Å². The first-order valence-corrected chi connectivity index (χ1v) is 10.4. The van der Waals surface area contributed by atoms with Crippen LogP contribution in [0, 0.1) is 17.3 Å². The molecular weight excluding hydrogens is 300 g/mol. The molecular formula is C21H38O3. The Morgan fingerprint density at radius 2 is 1.71 bits per heavy atom. The average molecular weight is 339 g/mol. The summed E-state index contributed by atoms with van der Waals surface area (Å²) < 4.78 is 6.17. The maximum atomic E-state index is 6.17. The van der Waals surface area contributed by atoms with E-state index in [2.05, 4.69) is 27.7 Å². The molecule has 3 heteroatoms. The van der Waals surface area contributed by atoms with Crippen molar-refractivity contribution in [3.05, 3.63) is 0 Å². The largest absolute Gasteiger partial charge is 0.346 e. The highest BCUT2D eigenvalue weighted by atomic mass is 17.2. The zero-order valence-corrected chi connectivity index (χ0v) is 16.3. The molecule has 0 bridgehead atoms. The summed E-state index contributed by atoms with van der Waals surface area (Å²) in [5, 5.41) is 0. The molecule has 1 spiro atoms. The van der Waals surface area contributed by atoms with Gasteiger partial charge in [-0.05, 0) is 49.9 Å². The molecule has 3 rings (SSSR count). The normalized spacial score (nSPS) is 39.5. The molecule has 2 saturated heterocycles. The predicted molar refractivity (Wildman–Crippen MR) is 96.5 cm³/mol. The maximum absolute atomic E-state index is 6.17. The van der Waals surface area contributed by atoms with E-state index in [0.717, 1.165) is 25.2 Å². The standard InChI is InChI=1S/C21H38O3/c1-5-6-7-8-9-10-17-15-18-19(22-17)23-24-21(18)13-11-16(12-14-21)20(2,3)4/h16-19H,5-15H2,1-4H3/t16?,17-,18-,19-,21?/m1/s1. The van der Waals surface area contributed by atoms with Crippen LogP contribution in [-0.4, -0.2) is 18.0 Å². The van der Waals surface area contributed by atoms with Gasteiger partial charge < -0.3 is 4.74 Å². The lowest BCUT2D eigenvalue weighted by Crippen LogP contribution is -2.42. The summed E-state index contributed by atoms with van der Waals surface area (Å²) in [4.78, 5) is 11.5. The third-order valence-electron chi connectivity index (χ3n) is 6.84. The maximum Gasteiger partial charge on any atom is 0.197 e. The molecule has 0 unspecified atom stereocenters. The van der Waals surface area contributed by atoms with Crippen LogP contribution in [0.5, 0.6) is 0 Å². The highest BCUT2D eigenvalue weighted by Crippen LogP contribution is 2.53. The predicted octanol–water partition coefficient (Wildman–Crippen LogP) is 6.02. The molecule has 0 N–H and O–H groups in total. The molecule has 3 fully saturated rings. The average Bonchev–Trinajstić information content (AvgIpc) is 3.08. The van der Waals surface area contributed by atoms with Gasteiger partial charge in [0.1, 0.15) is 5.60 Å². The van der Waals surface area contributed by atoms with Crippen LogP contribution >= 0.6 is 0 Å². The van der Waals surface area contributed by atoms with Gasteiger partial charge in [-0.25, -0.2) is 9.78 Å². The van der Waals surface area contributed by atoms with Crippen molar-refractivity contribution in [2.75, 3.05) is 0 Å². The number of unbranched alkanes of at least 4 members (excludes halogenated alkanes) is 4. The topological polar surface area (TPSA) is 27.7 Å². The Morgan fingerprint density at radius 3 is 2.38 bits per heavy atom. The molecule has 0 amide bonds. The van der Waals surface area contributed by atoms with Crippen molar-refractivity contribution in [1.82, 2.24) is 0 Å². The fourth-order valence-electron chi connectivity index (χ4n) is 5.08. The Bertz CT molecular complexity index is 392. The summed E-state index contributed by atoms with van der Waals surface area (Å²) in [6.45, 7) is 9.39.